The van der Waals surface area contributed by atoms with Crippen LogP contribution in [0.3, 0.4) is 0 Å². The van der Waals surface area contributed by atoms with Gasteiger partial charge in [0.25, 0.3) is 0 Å². The van der Waals surface area contributed by atoms with E-state index in [4.69, 9.17) is 4.74 Å². The van der Waals surface area contributed by atoms with Crippen molar-refractivity contribution in [2.75, 3.05) is 18.5 Å². The fraction of sp³-hybridized carbons (Fsp3) is 0.400. The smallest absolute Gasteiger partial charge is 0.207 e. The maximum absolute atomic E-state index is 5.49. The zero-order chi connectivity index (χ0) is 13.3. The Morgan fingerprint density at radius 1 is 1.21 bits per heavy atom. The van der Waals surface area contributed by atoms with Gasteiger partial charge in [0.05, 0.1) is 0 Å². The molecule has 4 heteroatoms. The van der Waals surface area contributed by atoms with Crippen LogP contribution in [0.1, 0.15) is 19.8 Å². The third-order valence-corrected chi connectivity index (χ3v) is 2.78. The maximum Gasteiger partial charge on any atom is 0.207 e. The van der Waals surface area contributed by atoms with Gasteiger partial charge in [-0.05, 0) is 25.0 Å². The Labute approximate surface area is 114 Å². The summed E-state index contributed by atoms with van der Waals surface area (Å²) >= 11 is 0. The highest BCUT2D eigenvalue weighted by molar-refractivity contribution is 5.52. The van der Waals surface area contributed by atoms with E-state index >= 15 is 0 Å². The minimum atomic E-state index is 0.802. The van der Waals surface area contributed by atoms with Crippen molar-refractivity contribution in [1.82, 2.24) is 9.55 Å². The van der Waals surface area contributed by atoms with Crippen LogP contribution in [0.4, 0.5) is 11.6 Å². The van der Waals surface area contributed by atoms with Gasteiger partial charge in [0.1, 0.15) is 0 Å². The molecular weight excluding hydrogens is 238 g/mol. The molecule has 0 spiro atoms. The first-order valence-corrected chi connectivity index (χ1v) is 6.81. The van der Waals surface area contributed by atoms with Gasteiger partial charge in [-0.15, -0.1) is 0 Å². The number of imidazole rings is 1. The molecule has 0 unspecified atom stereocenters. The monoisotopic (exact) mass is 259 g/mol. The van der Waals surface area contributed by atoms with E-state index in [9.17, 15) is 0 Å². The van der Waals surface area contributed by atoms with Crippen molar-refractivity contribution in [3.8, 4) is 0 Å². The number of ether oxygens (including phenoxy) is 1. The van der Waals surface area contributed by atoms with Gasteiger partial charge in [-0.3, -0.25) is 0 Å². The summed E-state index contributed by atoms with van der Waals surface area (Å²) in [6.07, 6.45) is 5.88. The van der Waals surface area contributed by atoms with Crippen molar-refractivity contribution < 1.29 is 4.74 Å². The lowest BCUT2D eigenvalue weighted by Gasteiger charge is -2.09. The van der Waals surface area contributed by atoms with E-state index in [1.54, 1.807) is 0 Å². The van der Waals surface area contributed by atoms with Crippen molar-refractivity contribution in [2.45, 2.75) is 26.3 Å². The lowest BCUT2D eigenvalue weighted by atomic mass is 10.3. The van der Waals surface area contributed by atoms with Gasteiger partial charge in [0, 0.05) is 37.8 Å². The summed E-state index contributed by atoms with van der Waals surface area (Å²) in [5.41, 5.74) is 1.05. The third kappa shape index (κ3) is 4.41. The molecule has 1 N–H and O–H groups in total. The summed E-state index contributed by atoms with van der Waals surface area (Å²) in [5.74, 6) is 0.877. The summed E-state index contributed by atoms with van der Waals surface area (Å²) in [7, 11) is 0. The van der Waals surface area contributed by atoms with Crippen LogP contribution >= 0.6 is 0 Å². The molecule has 1 aromatic carbocycles. The molecule has 2 rings (SSSR count). The van der Waals surface area contributed by atoms with Crippen LogP contribution < -0.4 is 5.32 Å². The average molecular weight is 259 g/mol. The molecule has 0 aliphatic carbocycles. The molecule has 0 atom stereocenters. The first kappa shape index (κ1) is 13.6. The molecular formula is C15H21N3O. The first-order valence-electron chi connectivity index (χ1n) is 6.81. The lowest BCUT2D eigenvalue weighted by Crippen LogP contribution is -2.06. The highest BCUT2D eigenvalue weighted by atomic mass is 16.5. The number of anilines is 2. The second kappa shape index (κ2) is 7.59. The van der Waals surface area contributed by atoms with E-state index in [1.165, 1.54) is 0 Å². The number of aryl methyl sites for hydroxylation is 1. The minimum absolute atomic E-state index is 0.802. The van der Waals surface area contributed by atoms with E-state index < -0.39 is 0 Å². The number of benzene rings is 1. The van der Waals surface area contributed by atoms with Crippen LogP contribution in [0, 0.1) is 0 Å². The fourth-order valence-corrected chi connectivity index (χ4v) is 1.85. The van der Waals surface area contributed by atoms with Crippen molar-refractivity contribution >= 4 is 11.6 Å². The Kier molecular flexibility index (Phi) is 5.44. The van der Waals surface area contributed by atoms with Crippen LogP contribution in [0.25, 0.3) is 0 Å². The second-order valence-electron chi connectivity index (χ2n) is 4.40. The standard InChI is InChI=1S/C15H21N3O/c1-2-12-19-13-6-10-18-11-9-16-15(18)17-14-7-4-3-5-8-14/h3-5,7-9,11H,2,6,10,12-13H2,1H3,(H,16,17). The van der Waals surface area contributed by atoms with Crippen molar-refractivity contribution in [3.63, 3.8) is 0 Å². The molecule has 0 saturated heterocycles. The lowest BCUT2D eigenvalue weighted by molar-refractivity contribution is 0.129. The predicted molar refractivity (Wildman–Crippen MR) is 77.7 cm³/mol. The average Bonchev–Trinajstić information content (AvgIpc) is 2.87. The van der Waals surface area contributed by atoms with Gasteiger partial charge in [0.2, 0.25) is 5.95 Å². The number of aromatic nitrogens is 2. The molecule has 2 aromatic rings. The highest BCUT2D eigenvalue weighted by Crippen LogP contribution is 2.14. The molecule has 19 heavy (non-hydrogen) atoms. The van der Waals surface area contributed by atoms with Crippen LogP contribution in [0.5, 0.6) is 0 Å². The molecule has 0 radical (unpaired) electrons. The summed E-state index contributed by atoms with van der Waals surface area (Å²) in [4.78, 5) is 4.34. The van der Waals surface area contributed by atoms with E-state index in [0.29, 0.717) is 0 Å². The summed E-state index contributed by atoms with van der Waals surface area (Å²) in [5, 5.41) is 3.32. The molecule has 0 saturated carbocycles. The van der Waals surface area contributed by atoms with E-state index in [2.05, 4.69) is 21.8 Å². The Hall–Kier alpha value is -1.81. The van der Waals surface area contributed by atoms with Crippen molar-refractivity contribution in [2.24, 2.45) is 0 Å². The molecule has 0 aliphatic heterocycles. The summed E-state index contributed by atoms with van der Waals surface area (Å²) in [6.45, 7) is 4.69. The zero-order valence-electron chi connectivity index (χ0n) is 11.4. The number of nitrogens with zero attached hydrogens (tertiary/aromatic N) is 2. The Morgan fingerprint density at radius 3 is 2.84 bits per heavy atom. The van der Waals surface area contributed by atoms with E-state index in [0.717, 1.165) is 44.2 Å². The van der Waals surface area contributed by atoms with Gasteiger partial charge >= 0.3 is 0 Å². The molecule has 4 nitrogen and oxygen atoms in total. The fourth-order valence-electron chi connectivity index (χ4n) is 1.85. The number of para-hydroxylation sites is 1. The molecule has 0 aliphatic rings. The Morgan fingerprint density at radius 2 is 2.05 bits per heavy atom. The Bertz CT molecular complexity index is 467. The van der Waals surface area contributed by atoms with Crippen molar-refractivity contribution in [3.05, 3.63) is 42.7 Å². The SMILES string of the molecule is CCCOCCCn1ccnc1Nc1ccccc1. The zero-order valence-corrected chi connectivity index (χ0v) is 11.4. The number of hydrogen-bond acceptors (Lipinski definition) is 3. The molecule has 102 valence electrons. The van der Waals surface area contributed by atoms with E-state index in [-0.39, 0.29) is 0 Å². The second-order valence-corrected chi connectivity index (χ2v) is 4.40. The number of nitrogens with one attached hydrogen (secondary N) is 1. The van der Waals surface area contributed by atoms with E-state index in [1.807, 2.05) is 42.7 Å². The van der Waals surface area contributed by atoms with Gasteiger partial charge in [-0.1, -0.05) is 25.1 Å². The van der Waals surface area contributed by atoms with Crippen LogP contribution in [0.15, 0.2) is 42.7 Å². The molecule has 1 heterocycles. The van der Waals surface area contributed by atoms with Gasteiger partial charge < -0.3 is 14.6 Å². The molecule has 1 aromatic heterocycles. The van der Waals surface area contributed by atoms with Crippen molar-refractivity contribution in [1.29, 1.82) is 0 Å². The van der Waals surface area contributed by atoms with Crippen LogP contribution in [0.2, 0.25) is 0 Å². The number of rotatable bonds is 8. The molecule has 0 amide bonds. The first-order chi connectivity index (χ1) is 9.40. The predicted octanol–water partition coefficient (Wildman–Crippen LogP) is 3.44. The van der Waals surface area contributed by atoms with Crippen LogP contribution in [-0.4, -0.2) is 22.8 Å². The summed E-state index contributed by atoms with van der Waals surface area (Å²) < 4.78 is 7.60. The van der Waals surface area contributed by atoms with Gasteiger partial charge in [-0.2, -0.15) is 0 Å². The summed E-state index contributed by atoms with van der Waals surface area (Å²) in [6, 6.07) is 10.1. The minimum Gasteiger partial charge on any atom is -0.381 e. The molecule has 0 fully saturated rings. The van der Waals surface area contributed by atoms with Crippen LogP contribution in [-0.2, 0) is 11.3 Å². The van der Waals surface area contributed by atoms with Gasteiger partial charge in [0.15, 0.2) is 0 Å². The molecule has 0 bridgehead atoms. The third-order valence-electron chi connectivity index (χ3n) is 2.78. The Balaban J connectivity index is 1.84. The van der Waals surface area contributed by atoms with Gasteiger partial charge in [-0.25, -0.2) is 4.98 Å². The maximum atomic E-state index is 5.49. The highest BCUT2D eigenvalue weighted by Gasteiger charge is 2.02. The number of hydrogen-bond donors (Lipinski definition) is 1. The normalized spacial score (nSPS) is 10.6. The topological polar surface area (TPSA) is 39.1 Å². The quantitative estimate of drug-likeness (QED) is 0.738. The largest absolute Gasteiger partial charge is 0.381 e.